The highest BCUT2D eigenvalue weighted by molar-refractivity contribution is 5.92. The Morgan fingerprint density at radius 1 is 1.00 bits per heavy atom. The molecule has 1 N–H and O–H groups in total. The monoisotopic (exact) mass is 366 g/mol. The molecule has 5 nitrogen and oxygen atoms in total. The van der Waals surface area contributed by atoms with Crippen LogP contribution < -0.4 is 5.32 Å². The first-order valence-electron chi connectivity index (χ1n) is 8.52. The summed E-state index contributed by atoms with van der Waals surface area (Å²) in [5, 5.41) is 2.51. The maximum atomic E-state index is 13.8. The largest absolute Gasteiger partial charge is 0.333 e. The average Bonchev–Trinajstić information content (AvgIpc) is 2.70. The van der Waals surface area contributed by atoms with Gasteiger partial charge >= 0.3 is 0 Å². The van der Waals surface area contributed by atoms with Crippen LogP contribution in [0.2, 0.25) is 0 Å². The quantitative estimate of drug-likeness (QED) is 0.768. The smallest absolute Gasteiger partial charge is 0.272 e. The second-order valence-electron chi connectivity index (χ2n) is 6.23. The molecule has 0 fully saturated rings. The summed E-state index contributed by atoms with van der Waals surface area (Å²) in [4.78, 5) is 22.6. The minimum Gasteiger partial charge on any atom is -0.333 e. The molecule has 0 bridgehead atoms. The summed E-state index contributed by atoms with van der Waals surface area (Å²) >= 11 is 0. The van der Waals surface area contributed by atoms with Crippen molar-refractivity contribution in [3.63, 3.8) is 0 Å². The topological polar surface area (TPSA) is 58.1 Å². The van der Waals surface area contributed by atoms with Crippen LogP contribution in [0.4, 0.5) is 20.4 Å². The zero-order chi connectivity index (χ0) is 18.8. The molecular formula is C20H16F2N4O. The van der Waals surface area contributed by atoms with E-state index in [4.69, 9.17) is 0 Å². The van der Waals surface area contributed by atoms with Crippen molar-refractivity contribution in [1.29, 1.82) is 0 Å². The maximum Gasteiger partial charge on any atom is 0.272 e. The third kappa shape index (κ3) is 3.48. The molecule has 1 aliphatic heterocycles. The van der Waals surface area contributed by atoms with Crippen LogP contribution in [0.1, 0.15) is 21.6 Å². The lowest BCUT2D eigenvalue weighted by Crippen LogP contribution is -2.36. The molecular weight excluding hydrogens is 350 g/mol. The van der Waals surface area contributed by atoms with Gasteiger partial charge < -0.3 is 10.2 Å². The molecule has 0 aliphatic carbocycles. The predicted octanol–water partition coefficient (Wildman–Crippen LogP) is 3.70. The van der Waals surface area contributed by atoms with E-state index in [1.54, 1.807) is 4.90 Å². The van der Waals surface area contributed by atoms with Crippen molar-refractivity contribution in [2.75, 3.05) is 11.9 Å². The van der Waals surface area contributed by atoms with Crippen molar-refractivity contribution in [3.05, 3.63) is 83.2 Å². The molecule has 0 spiro atoms. The summed E-state index contributed by atoms with van der Waals surface area (Å²) in [5.41, 5.74) is 2.16. The summed E-state index contributed by atoms with van der Waals surface area (Å²) in [5.74, 6) is -1.81. The fourth-order valence-corrected chi connectivity index (χ4v) is 3.10. The van der Waals surface area contributed by atoms with E-state index in [0.717, 1.165) is 24.1 Å². The molecule has 0 saturated heterocycles. The number of para-hydroxylation sites is 1. The number of hydrogen-bond donors (Lipinski definition) is 1. The first-order chi connectivity index (χ1) is 13.1. The Kier molecular flexibility index (Phi) is 4.50. The lowest BCUT2D eigenvalue weighted by Gasteiger charge is -2.28. The van der Waals surface area contributed by atoms with E-state index < -0.39 is 11.6 Å². The van der Waals surface area contributed by atoms with Crippen molar-refractivity contribution in [2.45, 2.75) is 13.0 Å². The molecule has 0 atom stereocenters. The number of hydrogen-bond acceptors (Lipinski definition) is 4. The Morgan fingerprint density at radius 2 is 1.74 bits per heavy atom. The zero-order valence-electron chi connectivity index (χ0n) is 14.3. The number of amides is 1. The summed E-state index contributed by atoms with van der Waals surface area (Å²) in [6, 6.07) is 13.0. The van der Waals surface area contributed by atoms with Gasteiger partial charge in [0.25, 0.3) is 5.91 Å². The Balaban J connectivity index is 1.55. The van der Waals surface area contributed by atoms with Crippen LogP contribution in [0.3, 0.4) is 0 Å². The number of nitrogens with zero attached hydrogens (tertiary/aromatic N) is 3. The first-order valence-corrected chi connectivity index (χ1v) is 8.52. The van der Waals surface area contributed by atoms with E-state index in [0.29, 0.717) is 13.1 Å². The van der Waals surface area contributed by atoms with Crippen molar-refractivity contribution < 1.29 is 13.6 Å². The van der Waals surface area contributed by atoms with Gasteiger partial charge in [-0.15, -0.1) is 0 Å². The average molecular weight is 366 g/mol. The summed E-state index contributed by atoms with van der Waals surface area (Å²) in [6.45, 7) is 1.09. The van der Waals surface area contributed by atoms with E-state index >= 15 is 0 Å². The summed E-state index contributed by atoms with van der Waals surface area (Å²) < 4.78 is 27.6. The van der Waals surface area contributed by atoms with Crippen LogP contribution in [0.25, 0.3) is 0 Å². The van der Waals surface area contributed by atoms with Crippen molar-refractivity contribution in [3.8, 4) is 0 Å². The van der Waals surface area contributed by atoms with E-state index in [-0.39, 0.29) is 23.2 Å². The molecule has 1 aromatic heterocycles. The van der Waals surface area contributed by atoms with Gasteiger partial charge in [0.05, 0.1) is 0 Å². The second-order valence-corrected chi connectivity index (χ2v) is 6.23. The Bertz CT molecular complexity index is 989. The van der Waals surface area contributed by atoms with Crippen LogP contribution >= 0.6 is 0 Å². The zero-order valence-corrected chi connectivity index (χ0v) is 14.3. The minimum absolute atomic E-state index is 0.0396. The molecule has 1 amide bonds. The Labute approximate surface area is 154 Å². The SMILES string of the molecule is O=C(c1ccnc(Nc2c(F)cccc2F)n1)N1CCc2ccccc2C1. The van der Waals surface area contributed by atoms with Crippen molar-refractivity contribution in [2.24, 2.45) is 0 Å². The number of carbonyl (C=O) groups excluding carboxylic acids is 1. The minimum atomic E-state index is -0.761. The van der Waals surface area contributed by atoms with E-state index in [1.165, 1.54) is 23.9 Å². The predicted molar refractivity (Wildman–Crippen MR) is 96.6 cm³/mol. The fourth-order valence-electron chi connectivity index (χ4n) is 3.10. The molecule has 27 heavy (non-hydrogen) atoms. The normalized spacial score (nSPS) is 13.2. The number of benzene rings is 2. The van der Waals surface area contributed by atoms with Gasteiger partial charge in [0, 0.05) is 19.3 Å². The molecule has 1 aliphatic rings. The Morgan fingerprint density at radius 3 is 2.52 bits per heavy atom. The van der Waals surface area contributed by atoms with Crippen molar-refractivity contribution in [1.82, 2.24) is 14.9 Å². The van der Waals surface area contributed by atoms with Crippen LogP contribution in [0.15, 0.2) is 54.7 Å². The van der Waals surface area contributed by atoms with Gasteiger partial charge in [-0.2, -0.15) is 0 Å². The molecule has 136 valence electrons. The molecule has 3 aromatic rings. The molecule has 0 saturated carbocycles. The van der Waals surface area contributed by atoms with E-state index in [2.05, 4.69) is 21.4 Å². The number of anilines is 2. The van der Waals surface area contributed by atoms with Gasteiger partial charge in [-0.3, -0.25) is 4.79 Å². The molecule has 2 heterocycles. The van der Waals surface area contributed by atoms with E-state index in [1.807, 2.05) is 18.2 Å². The van der Waals surface area contributed by atoms with Crippen LogP contribution in [0.5, 0.6) is 0 Å². The van der Waals surface area contributed by atoms with Crippen LogP contribution in [-0.2, 0) is 13.0 Å². The van der Waals surface area contributed by atoms with Gasteiger partial charge in [-0.05, 0) is 35.7 Å². The lowest BCUT2D eigenvalue weighted by molar-refractivity contribution is 0.0728. The standard InChI is InChI=1S/C20H16F2N4O/c21-15-6-3-7-16(22)18(15)25-20-23-10-8-17(24-20)19(27)26-11-9-13-4-1-2-5-14(13)12-26/h1-8,10H,9,11-12H2,(H,23,24,25). The highest BCUT2D eigenvalue weighted by atomic mass is 19.1. The molecule has 0 unspecified atom stereocenters. The van der Waals surface area contributed by atoms with Crippen LogP contribution in [-0.4, -0.2) is 27.3 Å². The number of carbonyl (C=O) groups is 1. The van der Waals surface area contributed by atoms with Gasteiger partial charge in [-0.1, -0.05) is 30.3 Å². The highest BCUT2D eigenvalue weighted by Gasteiger charge is 2.23. The number of fused-ring (bicyclic) bond motifs is 1. The van der Waals surface area contributed by atoms with Crippen molar-refractivity contribution >= 4 is 17.5 Å². The Hall–Kier alpha value is -3.35. The van der Waals surface area contributed by atoms with Gasteiger partial charge in [0.2, 0.25) is 5.95 Å². The van der Waals surface area contributed by atoms with Gasteiger partial charge in [-0.25, -0.2) is 18.7 Å². The lowest BCUT2D eigenvalue weighted by atomic mass is 10.00. The highest BCUT2D eigenvalue weighted by Crippen LogP contribution is 2.22. The summed E-state index contributed by atoms with van der Waals surface area (Å²) in [7, 11) is 0. The fraction of sp³-hybridized carbons (Fsp3) is 0.150. The number of halogens is 2. The maximum absolute atomic E-state index is 13.8. The van der Waals surface area contributed by atoms with Gasteiger partial charge in [0.1, 0.15) is 23.0 Å². The molecule has 7 heteroatoms. The third-order valence-electron chi connectivity index (χ3n) is 4.49. The number of aromatic nitrogens is 2. The van der Waals surface area contributed by atoms with Gasteiger partial charge in [0.15, 0.2) is 0 Å². The number of nitrogens with one attached hydrogen (secondary N) is 1. The third-order valence-corrected chi connectivity index (χ3v) is 4.49. The molecule has 2 aromatic carbocycles. The summed E-state index contributed by atoms with van der Waals surface area (Å²) in [6.07, 6.45) is 2.16. The molecule has 4 rings (SSSR count). The molecule has 0 radical (unpaired) electrons. The number of rotatable bonds is 3. The second kappa shape index (κ2) is 7.11. The van der Waals surface area contributed by atoms with Crippen LogP contribution in [0, 0.1) is 11.6 Å². The first kappa shape index (κ1) is 17.1. The van der Waals surface area contributed by atoms with E-state index in [9.17, 15) is 13.6 Å².